The van der Waals surface area contributed by atoms with Crippen molar-refractivity contribution in [2.24, 2.45) is 0 Å². The van der Waals surface area contributed by atoms with Gasteiger partial charge in [0.25, 0.3) is 5.91 Å². The Morgan fingerprint density at radius 3 is 2.48 bits per heavy atom. The zero-order valence-corrected chi connectivity index (χ0v) is 17.7. The molecule has 0 aromatic heterocycles. The third-order valence-corrected chi connectivity index (χ3v) is 4.97. The molecule has 0 saturated carbocycles. The van der Waals surface area contributed by atoms with E-state index in [0.29, 0.717) is 22.9 Å². The summed E-state index contributed by atoms with van der Waals surface area (Å²) in [5, 5.41) is 8.42. The van der Waals surface area contributed by atoms with Gasteiger partial charge in [-0.3, -0.25) is 4.79 Å². The second kappa shape index (κ2) is 8.84. The average molecular weight is 451 g/mol. The number of ether oxygens (including phenoxy) is 2. The number of thiocarbonyl (C=S) groups is 1. The van der Waals surface area contributed by atoms with Crippen molar-refractivity contribution < 1.29 is 27.4 Å². The van der Waals surface area contributed by atoms with E-state index in [0.717, 1.165) is 6.07 Å². The van der Waals surface area contributed by atoms with Crippen LogP contribution in [0.3, 0.4) is 0 Å². The Morgan fingerprint density at radius 1 is 1.13 bits per heavy atom. The molecule has 2 aromatic rings. The van der Waals surface area contributed by atoms with Crippen molar-refractivity contribution in [2.45, 2.75) is 19.1 Å². The van der Waals surface area contributed by atoms with Crippen molar-refractivity contribution in [1.82, 2.24) is 10.6 Å². The predicted octanol–water partition coefficient (Wildman–Crippen LogP) is 4.15. The van der Waals surface area contributed by atoms with Gasteiger partial charge < -0.3 is 25.4 Å². The van der Waals surface area contributed by atoms with Gasteiger partial charge in [0.15, 0.2) is 5.11 Å². The number of benzene rings is 2. The number of carbonyl (C=O) groups excluding carboxylic acids is 1. The molecular formula is C21H20F3N3O3S. The van der Waals surface area contributed by atoms with Crippen LogP contribution in [-0.2, 0) is 11.0 Å². The highest BCUT2D eigenvalue weighted by atomic mass is 32.1. The molecule has 1 heterocycles. The fourth-order valence-electron chi connectivity index (χ4n) is 3.33. The first-order valence-electron chi connectivity index (χ1n) is 9.13. The number of hydrogen-bond acceptors (Lipinski definition) is 4. The van der Waals surface area contributed by atoms with E-state index < -0.39 is 23.7 Å². The predicted molar refractivity (Wildman–Crippen MR) is 114 cm³/mol. The minimum absolute atomic E-state index is 0.0724. The first kappa shape index (κ1) is 22.4. The Kier molecular flexibility index (Phi) is 6.40. The first-order valence-corrected chi connectivity index (χ1v) is 9.54. The second-order valence-corrected chi connectivity index (χ2v) is 7.08. The van der Waals surface area contributed by atoms with Crippen LogP contribution in [0, 0.1) is 0 Å². The molecule has 31 heavy (non-hydrogen) atoms. The molecule has 0 saturated heterocycles. The molecule has 1 unspecified atom stereocenters. The maximum absolute atomic E-state index is 13.6. The van der Waals surface area contributed by atoms with Crippen molar-refractivity contribution >= 4 is 28.9 Å². The van der Waals surface area contributed by atoms with Crippen LogP contribution < -0.4 is 25.4 Å². The van der Waals surface area contributed by atoms with E-state index in [2.05, 4.69) is 16.0 Å². The van der Waals surface area contributed by atoms with Crippen LogP contribution in [0.2, 0.25) is 0 Å². The topological polar surface area (TPSA) is 71.6 Å². The number of amides is 1. The van der Waals surface area contributed by atoms with Crippen LogP contribution in [0.1, 0.15) is 24.1 Å². The van der Waals surface area contributed by atoms with E-state index in [9.17, 15) is 18.0 Å². The Balaban J connectivity index is 2.03. The number of allylic oxidation sites excluding steroid dienone is 1. The number of rotatable bonds is 5. The molecule has 1 amide bonds. The lowest BCUT2D eigenvalue weighted by Crippen LogP contribution is -2.46. The summed E-state index contributed by atoms with van der Waals surface area (Å²) in [6, 6.07) is 8.76. The van der Waals surface area contributed by atoms with Gasteiger partial charge in [-0.15, -0.1) is 0 Å². The van der Waals surface area contributed by atoms with Crippen LogP contribution in [0.15, 0.2) is 53.7 Å². The average Bonchev–Trinajstić information content (AvgIpc) is 2.72. The monoisotopic (exact) mass is 451 g/mol. The van der Waals surface area contributed by atoms with Gasteiger partial charge in [0, 0.05) is 11.8 Å². The highest BCUT2D eigenvalue weighted by Gasteiger charge is 2.39. The van der Waals surface area contributed by atoms with Gasteiger partial charge in [0.1, 0.15) is 11.5 Å². The summed E-state index contributed by atoms with van der Waals surface area (Å²) in [7, 11) is 2.92. The molecule has 2 aromatic carbocycles. The summed E-state index contributed by atoms with van der Waals surface area (Å²) >= 11 is 5.13. The Morgan fingerprint density at radius 2 is 1.84 bits per heavy atom. The lowest BCUT2D eigenvalue weighted by atomic mass is 9.91. The first-order chi connectivity index (χ1) is 14.7. The number of alkyl halides is 3. The van der Waals surface area contributed by atoms with Crippen LogP contribution in [-0.4, -0.2) is 25.2 Å². The highest BCUT2D eigenvalue weighted by molar-refractivity contribution is 7.80. The summed E-state index contributed by atoms with van der Waals surface area (Å²) in [4.78, 5) is 13.2. The minimum Gasteiger partial charge on any atom is -0.497 e. The Labute approximate surface area is 182 Å². The zero-order chi connectivity index (χ0) is 22.8. The standard InChI is InChI=1S/C21H20F3N3O3S/c1-11-17(19(28)26-15-9-8-12(29-2)10-16(15)30-3)18(27-20(31)25-11)13-6-4-5-7-14(13)21(22,23)24/h4-10,18H,1-3H3,(H,26,28)(H2,25,27,31). The summed E-state index contributed by atoms with van der Waals surface area (Å²) in [5.74, 6) is 0.254. The number of carbonyl (C=O) groups is 1. The molecule has 3 rings (SSSR count). The SMILES string of the molecule is COc1ccc(NC(=O)C2=C(C)NC(=S)NC2c2ccccc2C(F)(F)F)c(OC)c1. The van der Waals surface area contributed by atoms with Crippen molar-refractivity contribution in [3.63, 3.8) is 0 Å². The molecule has 3 N–H and O–H groups in total. The molecule has 6 nitrogen and oxygen atoms in total. The largest absolute Gasteiger partial charge is 0.497 e. The highest BCUT2D eigenvalue weighted by Crippen LogP contribution is 2.38. The maximum atomic E-state index is 13.6. The normalized spacial score (nSPS) is 16.3. The number of anilines is 1. The summed E-state index contributed by atoms with van der Waals surface area (Å²) in [5.41, 5.74) is -0.203. The van der Waals surface area contributed by atoms with Crippen LogP contribution in [0.25, 0.3) is 0 Å². The van der Waals surface area contributed by atoms with E-state index in [4.69, 9.17) is 21.7 Å². The summed E-state index contributed by atoms with van der Waals surface area (Å²) in [6.07, 6.45) is -4.60. The maximum Gasteiger partial charge on any atom is 0.416 e. The quantitative estimate of drug-likeness (QED) is 0.594. The van der Waals surface area contributed by atoms with Gasteiger partial charge in [-0.1, -0.05) is 18.2 Å². The lowest BCUT2D eigenvalue weighted by Gasteiger charge is -2.32. The number of hydrogen-bond donors (Lipinski definition) is 3. The van der Waals surface area contributed by atoms with Gasteiger partial charge in [-0.2, -0.15) is 13.2 Å². The van der Waals surface area contributed by atoms with Crippen molar-refractivity contribution in [1.29, 1.82) is 0 Å². The van der Waals surface area contributed by atoms with E-state index in [-0.39, 0.29) is 16.2 Å². The molecule has 0 spiro atoms. The van der Waals surface area contributed by atoms with Gasteiger partial charge >= 0.3 is 6.18 Å². The van der Waals surface area contributed by atoms with Crippen LogP contribution in [0.4, 0.5) is 18.9 Å². The van der Waals surface area contributed by atoms with Gasteiger partial charge in [0.05, 0.1) is 37.1 Å². The van der Waals surface area contributed by atoms with E-state index in [1.807, 2.05) is 0 Å². The van der Waals surface area contributed by atoms with Crippen molar-refractivity contribution in [2.75, 3.05) is 19.5 Å². The van der Waals surface area contributed by atoms with E-state index in [1.165, 1.54) is 32.4 Å². The minimum atomic E-state index is -4.60. The van der Waals surface area contributed by atoms with Gasteiger partial charge in [-0.05, 0) is 42.9 Å². The smallest absolute Gasteiger partial charge is 0.416 e. The Bertz CT molecular complexity index is 1050. The fourth-order valence-corrected chi connectivity index (χ4v) is 3.60. The second-order valence-electron chi connectivity index (χ2n) is 6.68. The third-order valence-electron chi connectivity index (χ3n) is 4.75. The van der Waals surface area contributed by atoms with E-state index >= 15 is 0 Å². The molecule has 1 atom stereocenters. The third kappa shape index (κ3) is 4.74. The Hall–Kier alpha value is -3.27. The molecule has 1 aliphatic rings. The summed E-state index contributed by atoms with van der Waals surface area (Å²) < 4.78 is 51.3. The van der Waals surface area contributed by atoms with Gasteiger partial charge in [-0.25, -0.2) is 0 Å². The van der Waals surface area contributed by atoms with Gasteiger partial charge in [0.2, 0.25) is 0 Å². The molecular weight excluding hydrogens is 431 g/mol. The molecule has 164 valence electrons. The number of nitrogens with one attached hydrogen (secondary N) is 3. The van der Waals surface area contributed by atoms with Crippen molar-refractivity contribution in [3.8, 4) is 11.5 Å². The number of methoxy groups -OCH3 is 2. The van der Waals surface area contributed by atoms with Crippen molar-refractivity contribution in [3.05, 3.63) is 64.9 Å². The zero-order valence-electron chi connectivity index (χ0n) is 16.9. The fraction of sp³-hybridized carbons (Fsp3) is 0.238. The molecule has 0 aliphatic carbocycles. The van der Waals surface area contributed by atoms with Crippen LogP contribution in [0.5, 0.6) is 11.5 Å². The molecule has 0 bridgehead atoms. The van der Waals surface area contributed by atoms with E-state index in [1.54, 1.807) is 25.1 Å². The molecule has 0 fully saturated rings. The van der Waals surface area contributed by atoms with Crippen LogP contribution >= 0.6 is 12.2 Å². The number of halogens is 3. The lowest BCUT2D eigenvalue weighted by molar-refractivity contribution is -0.138. The molecule has 1 aliphatic heterocycles. The molecule has 0 radical (unpaired) electrons. The summed E-state index contributed by atoms with van der Waals surface area (Å²) in [6.45, 7) is 1.58. The molecule has 10 heteroatoms.